The third-order valence-corrected chi connectivity index (χ3v) is 0. The van der Waals surface area contributed by atoms with Gasteiger partial charge in [-0.25, -0.2) is 0 Å². The molecule has 0 aromatic heterocycles. The van der Waals surface area contributed by atoms with Crippen LogP contribution in [-0.2, 0) is 21.6 Å². The van der Waals surface area contributed by atoms with Crippen molar-refractivity contribution >= 4 is 7.82 Å². The minimum absolute atomic E-state index is 0. The van der Waals surface area contributed by atoms with Gasteiger partial charge in [0, 0.05) is 0 Å². The summed E-state index contributed by atoms with van der Waals surface area (Å²) in [6, 6.07) is 0. The van der Waals surface area contributed by atoms with Crippen molar-refractivity contribution in [3.8, 4) is 0 Å². The van der Waals surface area contributed by atoms with Crippen LogP contribution in [0.4, 0.5) is 0 Å². The predicted octanol–water partition coefficient (Wildman–Crippen LogP) is -8.82. The fourth-order valence-electron chi connectivity index (χ4n) is 0. The van der Waals surface area contributed by atoms with Crippen molar-refractivity contribution < 1.29 is 84.7 Å². The van der Waals surface area contributed by atoms with E-state index in [4.69, 9.17) is 19.2 Å². The summed E-state index contributed by atoms with van der Waals surface area (Å²) in [5, 5.41) is 0. The Balaban J connectivity index is -0.0000000267. The van der Waals surface area contributed by atoms with Crippen molar-refractivity contribution in [2.75, 3.05) is 0 Å². The minimum Gasteiger partial charge on any atom is -0.822 e. The van der Waals surface area contributed by atoms with E-state index in [9.17, 15) is 0 Å². The van der Waals surface area contributed by atoms with Gasteiger partial charge in [-0.3, -0.25) is 0 Å². The molecule has 0 saturated carbocycles. The van der Waals surface area contributed by atoms with Crippen molar-refractivity contribution in [2.45, 2.75) is 0 Å². The summed E-state index contributed by atoms with van der Waals surface area (Å²) in [5.74, 6) is 0. The third-order valence-electron chi connectivity index (χ3n) is 0. The van der Waals surface area contributed by atoms with E-state index in [1.165, 1.54) is 0 Å². The Labute approximate surface area is 91.6 Å². The number of hydrogen-bond donors (Lipinski definition) is 0. The van der Waals surface area contributed by atoms with Crippen LogP contribution in [0.25, 0.3) is 0 Å². The first-order chi connectivity index (χ1) is 2.00. The summed E-state index contributed by atoms with van der Waals surface area (Å²) < 4.78 is 8.55. The van der Waals surface area contributed by atoms with Crippen LogP contribution >= 0.6 is 7.82 Å². The fraction of sp³-hybridized carbons (Fsp3) is 0. The molecule has 0 amide bonds. The Morgan fingerprint density at radius 2 is 1.12 bits per heavy atom. The van der Waals surface area contributed by atoms with Gasteiger partial charge in [-0.2, -0.15) is 7.82 Å². The predicted molar refractivity (Wildman–Crippen MR) is 7.61 cm³/mol. The average Bonchev–Trinajstić information content (AvgIpc) is 0.722. The standard InChI is InChI=1S/Li.Mn.Na.H3O4P/c;;;1-5(2,3)4/h;;;(H3,1,2,3,4)/q+1;+2;+1;/p-3. The Kier molecular flexibility index (Phi) is 25.9. The smallest absolute Gasteiger partial charge is 0.822 e. The van der Waals surface area contributed by atoms with Gasteiger partial charge in [0.15, 0.2) is 0 Å². The van der Waals surface area contributed by atoms with Gasteiger partial charge in [-0.05, 0) is 0 Å². The first kappa shape index (κ1) is 22.5. The van der Waals surface area contributed by atoms with E-state index in [0.717, 1.165) is 0 Å². The summed E-state index contributed by atoms with van der Waals surface area (Å²) in [6.07, 6.45) is 0. The average molecular weight is 180 g/mol. The summed E-state index contributed by atoms with van der Waals surface area (Å²) in [7, 11) is -5.39. The third kappa shape index (κ3) is 86.6. The largest absolute Gasteiger partial charge is 2.00 e. The molecule has 4 nitrogen and oxygen atoms in total. The van der Waals surface area contributed by atoms with Crippen LogP contribution in [0.15, 0.2) is 0 Å². The van der Waals surface area contributed by atoms with Crippen LogP contribution in [0.3, 0.4) is 0 Å². The molecule has 0 fully saturated rings. The van der Waals surface area contributed by atoms with Gasteiger partial charge in [0.05, 0.1) is 0 Å². The monoisotopic (exact) mass is 180 g/mol. The quantitative estimate of drug-likeness (QED) is 0.273. The Morgan fingerprint density at radius 3 is 1.12 bits per heavy atom. The van der Waals surface area contributed by atoms with Crippen molar-refractivity contribution in [3.63, 3.8) is 0 Å². The van der Waals surface area contributed by atoms with Crippen molar-refractivity contribution in [1.82, 2.24) is 0 Å². The van der Waals surface area contributed by atoms with Gasteiger partial charge in [0.2, 0.25) is 0 Å². The van der Waals surface area contributed by atoms with Crippen LogP contribution in [0.1, 0.15) is 0 Å². The molecule has 0 unspecified atom stereocenters. The van der Waals surface area contributed by atoms with Crippen LogP contribution in [0.2, 0.25) is 0 Å². The summed E-state index contributed by atoms with van der Waals surface area (Å²) >= 11 is 0. The molecule has 0 saturated heterocycles. The molecule has 0 bridgehead atoms. The second-order valence-electron chi connectivity index (χ2n) is 0.447. The van der Waals surface area contributed by atoms with E-state index in [2.05, 4.69) is 0 Å². The summed E-state index contributed by atoms with van der Waals surface area (Å²) in [5.41, 5.74) is 0. The molecule has 0 aliphatic heterocycles. The summed E-state index contributed by atoms with van der Waals surface area (Å²) in [6.45, 7) is 0. The Morgan fingerprint density at radius 1 is 1.12 bits per heavy atom. The van der Waals surface area contributed by atoms with E-state index in [1.807, 2.05) is 0 Å². The normalized spacial score (nSPS) is 7.38. The number of hydrogen-bond acceptors (Lipinski definition) is 4. The zero-order chi connectivity index (χ0) is 4.50. The van der Waals surface area contributed by atoms with Crippen molar-refractivity contribution in [1.29, 1.82) is 0 Å². The van der Waals surface area contributed by atoms with Crippen molar-refractivity contribution in [3.05, 3.63) is 0 Å². The zero-order valence-electron chi connectivity index (χ0n) is 4.46. The van der Waals surface area contributed by atoms with E-state index < -0.39 is 7.82 Å². The summed E-state index contributed by atoms with van der Waals surface area (Å²) in [4.78, 5) is 25.6. The van der Waals surface area contributed by atoms with Crippen LogP contribution in [-0.4, -0.2) is 0 Å². The molecule has 0 aliphatic carbocycles. The topological polar surface area (TPSA) is 86.2 Å². The molecular formula is LiMnNaO4P+. The maximum Gasteiger partial charge on any atom is 2.00 e. The molecule has 8 heavy (non-hydrogen) atoms. The molecule has 0 heterocycles. The van der Waals surface area contributed by atoms with Gasteiger partial charge < -0.3 is 19.2 Å². The van der Waals surface area contributed by atoms with Gasteiger partial charge in [0.25, 0.3) is 0 Å². The molecule has 0 atom stereocenters. The van der Waals surface area contributed by atoms with Gasteiger partial charge in [-0.1, -0.05) is 0 Å². The van der Waals surface area contributed by atoms with Crippen molar-refractivity contribution in [2.24, 2.45) is 0 Å². The van der Waals surface area contributed by atoms with Crippen LogP contribution < -0.4 is 63.1 Å². The zero-order valence-corrected chi connectivity index (χ0v) is 8.53. The molecule has 0 spiro atoms. The number of phosphoric acid groups is 1. The second kappa shape index (κ2) is 9.23. The molecule has 8 heteroatoms. The Bertz CT molecular complexity index is 62.2. The van der Waals surface area contributed by atoms with E-state index in [-0.39, 0.29) is 65.5 Å². The van der Waals surface area contributed by atoms with E-state index in [0.29, 0.717) is 0 Å². The second-order valence-corrected chi connectivity index (χ2v) is 1.34. The molecular weight excluding hydrogens is 180 g/mol. The van der Waals surface area contributed by atoms with Gasteiger partial charge in [-0.15, -0.1) is 0 Å². The molecule has 0 aromatic rings. The molecule has 0 aromatic carbocycles. The van der Waals surface area contributed by atoms with Gasteiger partial charge in [0.1, 0.15) is 0 Å². The fourth-order valence-corrected chi connectivity index (χ4v) is 0. The first-order valence-electron chi connectivity index (χ1n) is 0.730. The molecule has 1 radical (unpaired) electrons. The first-order valence-corrected chi connectivity index (χ1v) is 2.19. The SMILES string of the molecule is O=P([O-])([O-])[O-].[Li+].[Mn+2].[Na+]. The molecule has 37 valence electrons. The Hall–Kier alpha value is 2.23. The van der Waals surface area contributed by atoms with E-state index >= 15 is 0 Å². The molecule has 0 rings (SSSR count). The van der Waals surface area contributed by atoms with Crippen LogP contribution in [0.5, 0.6) is 0 Å². The maximum absolute atomic E-state index is 8.55. The number of rotatable bonds is 0. The van der Waals surface area contributed by atoms with Gasteiger partial charge >= 0.3 is 65.5 Å². The maximum atomic E-state index is 8.55. The van der Waals surface area contributed by atoms with E-state index in [1.54, 1.807) is 0 Å². The van der Waals surface area contributed by atoms with Crippen LogP contribution in [0, 0.1) is 0 Å². The molecule has 0 N–H and O–H groups in total. The minimum atomic E-state index is -5.39. The molecule has 0 aliphatic rings.